The Balaban J connectivity index is 2.70. The number of rotatable bonds is 3. The Morgan fingerprint density at radius 3 is 2.37 bits per heavy atom. The molecule has 2 rings (SSSR count). The van der Waals surface area contributed by atoms with Crippen LogP contribution in [0.2, 0.25) is 0 Å². The highest BCUT2D eigenvalue weighted by Crippen LogP contribution is 2.25. The lowest BCUT2D eigenvalue weighted by Gasteiger charge is -2.11. The molecule has 0 saturated heterocycles. The standard InChI is InChI=1S/C14H12ClF2NO/c1-8-6-10(13(19)7-15)9(2)18(8)14-11(16)4-3-5-12(14)17/h3-6H,7H2,1-2H3. The third kappa shape index (κ3) is 2.28. The number of hydrogen-bond acceptors (Lipinski definition) is 1. The number of aromatic nitrogens is 1. The molecule has 0 amide bonds. The van der Waals surface area contributed by atoms with E-state index in [4.69, 9.17) is 11.6 Å². The summed E-state index contributed by atoms with van der Waals surface area (Å²) in [6.45, 7) is 3.32. The Morgan fingerprint density at radius 2 is 1.84 bits per heavy atom. The third-order valence-corrected chi connectivity index (χ3v) is 3.26. The van der Waals surface area contributed by atoms with E-state index >= 15 is 0 Å². The molecule has 100 valence electrons. The van der Waals surface area contributed by atoms with E-state index in [1.54, 1.807) is 19.9 Å². The predicted octanol–water partition coefficient (Wildman–Crippen LogP) is 3.79. The van der Waals surface area contributed by atoms with E-state index in [0.717, 1.165) is 0 Å². The van der Waals surface area contributed by atoms with Crippen molar-refractivity contribution in [2.75, 3.05) is 5.88 Å². The Bertz CT molecular complexity index is 629. The molecule has 1 aromatic carbocycles. The lowest BCUT2D eigenvalue weighted by molar-refractivity contribution is 0.102. The fourth-order valence-electron chi connectivity index (χ4n) is 2.16. The molecule has 0 bridgehead atoms. The molecule has 5 heteroatoms. The fourth-order valence-corrected chi connectivity index (χ4v) is 2.31. The van der Waals surface area contributed by atoms with Crippen LogP contribution in [0.25, 0.3) is 5.69 Å². The molecule has 0 aliphatic rings. The van der Waals surface area contributed by atoms with Crippen molar-refractivity contribution in [2.45, 2.75) is 13.8 Å². The maximum atomic E-state index is 13.8. The largest absolute Gasteiger partial charge is 0.313 e. The van der Waals surface area contributed by atoms with Crippen LogP contribution in [-0.4, -0.2) is 16.2 Å². The van der Waals surface area contributed by atoms with Crippen LogP contribution in [0, 0.1) is 25.5 Å². The molecular weight excluding hydrogens is 272 g/mol. The zero-order valence-electron chi connectivity index (χ0n) is 10.5. The summed E-state index contributed by atoms with van der Waals surface area (Å²) in [5.74, 6) is -1.78. The molecule has 2 aromatic rings. The van der Waals surface area contributed by atoms with Crippen LogP contribution in [0.3, 0.4) is 0 Å². The highest BCUT2D eigenvalue weighted by molar-refractivity contribution is 6.30. The first-order chi connectivity index (χ1) is 8.97. The number of nitrogens with zero attached hydrogens (tertiary/aromatic N) is 1. The molecule has 0 aliphatic heterocycles. The topological polar surface area (TPSA) is 22.0 Å². The monoisotopic (exact) mass is 283 g/mol. The SMILES string of the molecule is Cc1cc(C(=O)CCl)c(C)n1-c1c(F)cccc1F. The first-order valence-corrected chi connectivity index (χ1v) is 6.23. The molecule has 0 saturated carbocycles. The van der Waals surface area contributed by atoms with Crippen molar-refractivity contribution in [1.82, 2.24) is 4.57 Å². The van der Waals surface area contributed by atoms with Crippen molar-refractivity contribution in [3.63, 3.8) is 0 Å². The van der Waals surface area contributed by atoms with Crippen molar-refractivity contribution >= 4 is 17.4 Å². The van der Waals surface area contributed by atoms with Crippen LogP contribution >= 0.6 is 11.6 Å². The van der Waals surface area contributed by atoms with Crippen LogP contribution < -0.4 is 0 Å². The van der Waals surface area contributed by atoms with Gasteiger partial charge in [0.25, 0.3) is 0 Å². The Kier molecular flexibility index (Phi) is 3.71. The van der Waals surface area contributed by atoms with Gasteiger partial charge in [-0.2, -0.15) is 0 Å². The van der Waals surface area contributed by atoms with Crippen LogP contribution in [0.1, 0.15) is 21.7 Å². The molecule has 0 unspecified atom stereocenters. The summed E-state index contributed by atoms with van der Waals surface area (Å²) in [4.78, 5) is 11.7. The minimum Gasteiger partial charge on any atom is -0.313 e. The minimum absolute atomic E-state index is 0.163. The normalized spacial score (nSPS) is 10.8. The Hall–Kier alpha value is -1.68. The van der Waals surface area contributed by atoms with Gasteiger partial charge in [-0.25, -0.2) is 8.78 Å². The van der Waals surface area contributed by atoms with E-state index in [1.807, 2.05) is 0 Å². The fraction of sp³-hybridized carbons (Fsp3) is 0.214. The number of carbonyl (C=O) groups is 1. The first-order valence-electron chi connectivity index (χ1n) is 5.70. The van der Waals surface area contributed by atoms with Gasteiger partial charge in [-0.1, -0.05) is 6.07 Å². The van der Waals surface area contributed by atoms with E-state index in [2.05, 4.69) is 0 Å². The summed E-state index contributed by atoms with van der Waals surface area (Å²) < 4.78 is 29.0. The smallest absolute Gasteiger partial charge is 0.179 e. The van der Waals surface area contributed by atoms with Gasteiger partial charge in [0.2, 0.25) is 0 Å². The van der Waals surface area contributed by atoms with Crippen molar-refractivity contribution < 1.29 is 13.6 Å². The van der Waals surface area contributed by atoms with E-state index in [-0.39, 0.29) is 17.4 Å². The number of carbonyl (C=O) groups excluding carboxylic acids is 1. The second-order valence-corrected chi connectivity index (χ2v) is 4.51. The molecule has 0 spiro atoms. The lowest BCUT2D eigenvalue weighted by Crippen LogP contribution is -2.07. The molecule has 0 fully saturated rings. The van der Waals surface area contributed by atoms with Gasteiger partial charge in [-0.15, -0.1) is 11.6 Å². The van der Waals surface area contributed by atoms with Crippen LogP contribution in [0.15, 0.2) is 24.3 Å². The Labute approximate surface area is 114 Å². The molecule has 0 atom stereocenters. The highest BCUT2D eigenvalue weighted by Gasteiger charge is 2.19. The molecule has 1 aromatic heterocycles. The van der Waals surface area contributed by atoms with Gasteiger partial charge in [-0.05, 0) is 32.0 Å². The molecule has 2 nitrogen and oxygen atoms in total. The van der Waals surface area contributed by atoms with Crippen LogP contribution in [0.4, 0.5) is 8.78 Å². The van der Waals surface area contributed by atoms with Crippen LogP contribution in [0.5, 0.6) is 0 Å². The number of alkyl halides is 1. The summed E-state index contributed by atoms with van der Waals surface area (Å²) in [6.07, 6.45) is 0. The number of ketones is 1. The average Bonchev–Trinajstić information content (AvgIpc) is 2.65. The number of aryl methyl sites for hydroxylation is 1. The van der Waals surface area contributed by atoms with Crippen molar-refractivity contribution in [3.8, 4) is 5.69 Å². The molecule has 1 heterocycles. The van der Waals surface area contributed by atoms with E-state index in [9.17, 15) is 13.6 Å². The average molecular weight is 284 g/mol. The van der Waals surface area contributed by atoms with Gasteiger partial charge in [0.05, 0.1) is 5.88 Å². The second kappa shape index (κ2) is 5.13. The van der Waals surface area contributed by atoms with E-state index < -0.39 is 11.6 Å². The van der Waals surface area contributed by atoms with Gasteiger partial charge in [-0.3, -0.25) is 4.79 Å². The second-order valence-electron chi connectivity index (χ2n) is 4.25. The molecule has 19 heavy (non-hydrogen) atoms. The molecule has 0 aliphatic carbocycles. The van der Waals surface area contributed by atoms with Crippen molar-refractivity contribution in [1.29, 1.82) is 0 Å². The molecule has 0 N–H and O–H groups in total. The van der Waals surface area contributed by atoms with E-state index in [0.29, 0.717) is 17.0 Å². The molecule has 0 radical (unpaired) electrons. The van der Waals surface area contributed by atoms with Gasteiger partial charge in [0.1, 0.15) is 17.3 Å². The number of hydrogen-bond donors (Lipinski definition) is 0. The number of Topliss-reactive ketones (excluding diaryl/α,β-unsaturated/α-hetero) is 1. The van der Waals surface area contributed by atoms with E-state index in [1.165, 1.54) is 22.8 Å². The van der Waals surface area contributed by atoms with Crippen molar-refractivity contribution in [2.24, 2.45) is 0 Å². The third-order valence-electron chi connectivity index (χ3n) is 3.01. The highest BCUT2D eigenvalue weighted by atomic mass is 35.5. The quantitative estimate of drug-likeness (QED) is 0.620. The van der Waals surface area contributed by atoms with Crippen LogP contribution in [-0.2, 0) is 0 Å². The first kappa shape index (κ1) is 13.7. The predicted molar refractivity (Wildman–Crippen MR) is 70.2 cm³/mol. The van der Waals surface area contributed by atoms with Crippen molar-refractivity contribution in [3.05, 3.63) is 52.9 Å². The summed E-state index contributed by atoms with van der Waals surface area (Å²) in [5.41, 5.74) is 1.27. The van der Waals surface area contributed by atoms with Gasteiger partial charge in [0, 0.05) is 17.0 Å². The number of para-hydroxylation sites is 1. The van der Waals surface area contributed by atoms with Gasteiger partial charge < -0.3 is 4.57 Å². The Morgan fingerprint density at radius 1 is 1.26 bits per heavy atom. The lowest BCUT2D eigenvalue weighted by atomic mass is 10.2. The van der Waals surface area contributed by atoms with Gasteiger partial charge in [0.15, 0.2) is 5.78 Å². The zero-order chi connectivity index (χ0) is 14.2. The number of halogens is 3. The zero-order valence-corrected chi connectivity index (χ0v) is 11.3. The molecular formula is C14H12ClF2NO. The summed E-state index contributed by atoms with van der Waals surface area (Å²) >= 11 is 5.52. The minimum atomic E-state index is -0.674. The summed E-state index contributed by atoms with van der Waals surface area (Å²) in [6, 6.07) is 5.25. The maximum absolute atomic E-state index is 13.8. The van der Waals surface area contributed by atoms with Gasteiger partial charge >= 0.3 is 0 Å². The maximum Gasteiger partial charge on any atom is 0.179 e. The summed E-state index contributed by atoms with van der Waals surface area (Å²) in [5, 5.41) is 0. The number of benzene rings is 1. The summed E-state index contributed by atoms with van der Waals surface area (Å²) in [7, 11) is 0.